The first-order valence-electron chi connectivity index (χ1n) is 10.8. The van der Waals surface area contributed by atoms with Crippen molar-refractivity contribution in [3.8, 4) is 0 Å². The first-order valence-corrected chi connectivity index (χ1v) is 10.8. The van der Waals surface area contributed by atoms with Crippen molar-refractivity contribution in [3.63, 3.8) is 0 Å². The highest BCUT2D eigenvalue weighted by Gasteiger charge is 2.69. The average Bonchev–Trinajstić information content (AvgIpc) is 3.46. The van der Waals surface area contributed by atoms with Gasteiger partial charge in [0.05, 0.1) is 0 Å². The summed E-state index contributed by atoms with van der Waals surface area (Å²) in [6, 6.07) is 0. The van der Waals surface area contributed by atoms with Crippen molar-refractivity contribution < 1.29 is 4.79 Å². The fourth-order valence-electron chi connectivity index (χ4n) is 8.60. The van der Waals surface area contributed by atoms with Gasteiger partial charge in [-0.3, -0.25) is 4.79 Å². The van der Waals surface area contributed by atoms with Gasteiger partial charge in [-0.25, -0.2) is 0 Å². The highest BCUT2D eigenvalue weighted by atomic mass is 16.1. The van der Waals surface area contributed by atoms with Crippen LogP contribution in [0.4, 0.5) is 0 Å². The molecular formula is C23H32O. The molecule has 0 amide bonds. The van der Waals surface area contributed by atoms with E-state index in [0.717, 1.165) is 59.7 Å². The Morgan fingerprint density at radius 3 is 2.67 bits per heavy atom. The second-order valence-corrected chi connectivity index (χ2v) is 10.7. The van der Waals surface area contributed by atoms with Crippen LogP contribution in [0, 0.1) is 58.7 Å². The fraction of sp³-hybridized carbons (Fsp3) is 0.870. The lowest BCUT2D eigenvalue weighted by atomic mass is 9.47. The Labute approximate surface area is 146 Å². The molecule has 0 spiro atoms. The van der Waals surface area contributed by atoms with Crippen LogP contribution in [0.2, 0.25) is 0 Å². The van der Waals surface area contributed by atoms with Crippen molar-refractivity contribution in [3.05, 3.63) is 11.6 Å². The van der Waals surface area contributed by atoms with Gasteiger partial charge < -0.3 is 0 Å². The van der Waals surface area contributed by atoms with E-state index in [9.17, 15) is 4.79 Å². The van der Waals surface area contributed by atoms with Gasteiger partial charge in [-0.2, -0.15) is 0 Å². The minimum atomic E-state index is 0.423. The van der Waals surface area contributed by atoms with Gasteiger partial charge in [-0.1, -0.05) is 19.4 Å². The van der Waals surface area contributed by atoms with Crippen LogP contribution in [0.25, 0.3) is 0 Å². The van der Waals surface area contributed by atoms with Crippen molar-refractivity contribution in [2.24, 2.45) is 58.7 Å². The number of carbonyl (C=O) groups excluding carboxylic acids is 1. The molecule has 6 aliphatic rings. The number of ketones is 1. The van der Waals surface area contributed by atoms with Gasteiger partial charge >= 0.3 is 0 Å². The Kier molecular flexibility index (Phi) is 2.77. The third-order valence-electron chi connectivity index (χ3n) is 9.96. The summed E-state index contributed by atoms with van der Waals surface area (Å²) < 4.78 is 0. The fourth-order valence-corrected chi connectivity index (χ4v) is 8.60. The van der Waals surface area contributed by atoms with E-state index in [4.69, 9.17) is 0 Å². The van der Waals surface area contributed by atoms with Gasteiger partial charge in [0, 0.05) is 6.42 Å². The molecule has 0 aromatic carbocycles. The maximum Gasteiger partial charge on any atom is 0.155 e. The summed E-state index contributed by atoms with van der Waals surface area (Å²) in [6.45, 7) is 5.26. The van der Waals surface area contributed by atoms with Crippen LogP contribution in [0.1, 0.15) is 65.2 Å². The molecule has 6 aliphatic carbocycles. The van der Waals surface area contributed by atoms with E-state index < -0.39 is 0 Å². The number of allylic oxidation sites excluding steroid dienone is 1. The third-order valence-corrected chi connectivity index (χ3v) is 9.96. The standard InChI is InChI=1S/C23H32O/c1-12-18-11-20(18)22-21-17(7-8-23(12,22)2)16-6-5-15(24)9-14(16)10-19(21)13-3-4-13/h9,12-13,16-22H,3-8,10-11H2,1-2H3/t12-,16+,17?,18?,19?,20?,21?,22?,23?/m1/s1. The van der Waals surface area contributed by atoms with Crippen molar-refractivity contribution in [1.82, 2.24) is 0 Å². The van der Waals surface area contributed by atoms with Crippen LogP contribution in [-0.2, 0) is 4.79 Å². The van der Waals surface area contributed by atoms with E-state index in [2.05, 4.69) is 19.9 Å². The molecule has 24 heavy (non-hydrogen) atoms. The molecule has 0 heterocycles. The van der Waals surface area contributed by atoms with Gasteiger partial charge in [-0.15, -0.1) is 0 Å². The Hall–Kier alpha value is -0.590. The predicted molar refractivity (Wildman–Crippen MR) is 95.2 cm³/mol. The van der Waals surface area contributed by atoms with Gasteiger partial charge in [0.15, 0.2) is 5.78 Å². The molecule has 0 aromatic rings. The number of fused-ring (bicyclic) bond motifs is 7. The summed E-state index contributed by atoms with van der Waals surface area (Å²) in [5.74, 6) is 9.22. The minimum absolute atomic E-state index is 0.423. The molecule has 0 aromatic heterocycles. The van der Waals surface area contributed by atoms with Crippen LogP contribution in [-0.4, -0.2) is 5.78 Å². The molecule has 0 bridgehead atoms. The maximum absolute atomic E-state index is 12.0. The van der Waals surface area contributed by atoms with Crippen molar-refractivity contribution in [2.75, 3.05) is 0 Å². The van der Waals surface area contributed by atoms with Gasteiger partial charge in [-0.05, 0) is 110 Å². The first kappa shape index (κ1) is 14.6. The van der Waals surface area contributed by atoms with Crippen LogP contribution < -0.4 is 0 Å². The second kappa shape index (κ2) is 4.57. The molecule has 130 valence electrons. The molecule has 5 fully saturated rings. The lowest BCUT2D eigenvalue weighted by Crippen LogP contribution is -2.51. The molecular weight excluding hydrogens is 292 g/mol. The van der Waals surface area contributed by atoms with Crippen molar-refractivity contribution in [1.29, 1.82) is 0 Å². The largest absolute Gasteiger partial charge is 0.295 e. The van der Waals surface area contributed by atoms with E-state index in [0.29, 0.717) is 11.2 Å². The first-order chi connectivity index (χ1) is 11.6. The van der Waals surface area contributed by atoms with E-state index >= 15 is 0 Å². The van der Waals surface area contributed by atoms with Crippen LogP contribution in [0.15, 0.2) is 11.6 Å². The molecule has 0 N–H and O–H groups in total. The zero-order valence-corrected chi connectivity index (χ0v) is 15.3. The van der Waals surface area contributed by atoms with Crippen LogP contribution in [0.3, 0.4) is 0 Å². The third kappa shape index (κ3) is 1.75. The molecule has 5 saturated carbocycles. The van der Waals surface area contributed by atoms with Gasteiger partial charge in [0.2, 0.25) is 0 Å². The average molecular weight is 325 g/mol. The van der Waals surface area contributed by atoms with Crippen LogP contribution in [0.5, 0.6) is 0 Å². The second-order valence-electron chi connectivity index (χ2n) is 10.7. The zero-order chi connectivity index (χ0) is 16.2. The van der Waals surface area contributed by atoms with E-state index in [1.54, 1.807) is 12.0 Å². The smallest absolute Gasteiger partial charge is 0.155 e. The van der Waals surface area contributed by atoms with Crippen molar-refractivity contribution >= 4 is 5.78 Å². The van der Waals surface area contributed by atoms with Gasteiger partial charge in [0.1, 0.15) is 0 Å². The number of carbonyl (C=O) groups is 1. The predicted octanol–water partition coefficient (Wildman–Crippen LogP) is 5.26. The lowest BCUT2D eigenvalue weighted by Gasteiger charge is -2.58. The molecule has 0 radical (unpaired) electrons. The molecule has 7 unspecified atom stereocenters. The highest BCUT2D eigenvalue weighted by molar-refractivity contribution is 5.91. The number of hydrogen-bond acceptors (Lipinski definition) is 1. The molecule has 1 heteroatoms. The van der Waals surface area contributed by atoms with E-state index in [-0.39, 0.29) is 0 Å². The van der Waals surface area contributed by atoms with Gasteiger partial charge in [0.25, 0.3) is 0 Å². The molecule has 0 saturated heterocycles. The zero-order valence-electron chi connectivity index (χ0n) is 15.3. The highest BCUT2D eigenvalue weighted by Crippen LogP contribution is 2.75. The lowest BCUT2D eigenvalue weighted by molar-refractivity contribution is -0.116. The monoisotopic (exact) mass is 324 g/mol. The number of hydrogen-bond donors (Lipinski definition) is 0. The summed E-state index contributed by atoms with van der Waals surface area (Å²) in [4.78, 5) is 12.0. The summed E-state index contributed by atoms with van der Waals surface area (Å²) in [7, 11) is 0. The quantitative estimate of drug-likeness (QED) is 0.643. The maximum atomic E-state index is 12.0. The van der Waals surface area contributed by atoms with Crippen molar-refractivity contribution in [2.45, 2.75) is 65.2 Å². The SMILES string of the molecule is C[C@@H]1C2CC2C2C3C(C4CC4)CC4=CC(=O)CC[C@@H]4C3CCC21C. The minimum Gasteiger partial charge on any atom is -0.295 e. The normalized spacial score (nSPS) is 58.2. The van der Waals surface area contributed by atoms with E-state index in [1.165, 1.54) is 38.5 Å². The van der Waals surface area contributed by atoms with Crippen LogP contribution >= 0.6 is 0 Å². The summed E-state index contributed by atoms with van der Waals surface area (Å²) in [5.41, 5.74) is 2.24. The summed E-state index contributed by atoms with van der Waals surface area (Å²) in [5, 5.41) is 0. The molecule has 9 atom stereocenters. The summed E-state index contributed by atoms with van der Waals surface area (Å²) in [6.07, 6.45) is 12.8. The Morgan fingerprint density at radius 1 is 1.04 bits per heavy atom. The Morgan fingerprint density at radius 2 is 1.88 bits per heavy atom. The topological polar surface area (TPSA) is 17.1 Å². The summed E-state index contributed by atoms with van der Waals surface area (Å²) >= 11 is 0. The molecule has 0 aliphatic heterocycles. The molecule has 1 nitrogen and oxygen atoms in total. The number of rotatable bonds is 1. The Balaban J connectivity index is 1.43. The Bertz CT molecular complexity index is 628. The molecule has 6 rings (SSSR count). The van der Waals surface area contributed by atoms with E-state index in [1.807, 2.05) is 0 Å².